The number of hydrogen-bond donors (Lipinski definition) is 0. The monoisotopic (exact) mass is 301 g/mol. The molecule has 114 valence electrons. The summed E-state index contributed by atoms with van der Waals surface area (Å²) in [4.78, 5) is 26.6. The lowest BCUT2D eigenvalue weighted by Crippen LogP contribution is -2.10. The van der Waals surface area contributed by atoms with Crippen molar-refractivity contribution in [3.8, 4) is 0 Å². The van der Waals surface area contributed by atoms with Crippen LogP contribution in [0.5, 0.6) is 0 Å². The van der Waals surface area contributed by atoms with Gasteiger partial charge in [0.2, 0.25) is 0 Å². The molecule has 7 heteroatoms. The first kappa shape index (κ1) is 15.4. The number of nitrogens with zero attached hydrogens (tertiary/aromatic N) is 3. The SMILES string of the molecule is CCOC(=O)/C(=C\c1cccc([N+](=O)[O-])c1)c1nccn1C. The first-order valence-corrected chi connectivity index (χ1v) is 6.64. The van der Waals surface area contributed by atoms with Gasteiger partial charge in [-0.25, -0.2) is 9.78 Å². The highest BCUT2D eigenvalue weighted by Gasteiger charge is 2.18. The van der Waals surface area contributed by atoms with E-state index in [0.717, 1.165) is 0 Å². The average Bonchev–Trinajstić information content (AvgIpc) is 2.91. The molecule has 0 aliphatic heterocycles. The van der Waals surface area contributed by atoms with E-state index in [1.807, 2.05) is 0 Å². The van der Waals surface area contributed by atoms with E-state index in [2.05, 4.69) is 4.98 Å². The molecule has 0 unspecified atom stereocenters. The molecule has 22 heavy (non-hydrogen) atoms. The van der Waals surface area contributed by atoms with Crippen LogP contribution in [0.1, 0.15) is 18.3 Å². The van der Waals surface area contributed by atoms with Gasteiger partial charge in [0.25, 0.3) is 5.69 Å². The van der Waals surface area contributed by atoms with Crippen LogP contribution in [0, 0.1) is 10.1 Å². The van der Waals surface area contributed by atoms with E-state index in [1.54, 1.807) is 43.1 Å². The van der Waals surface area contributed by atoms with Gasteiger partial charge in [-0.2, -0.15) is 0 Å². The van der Waals surface area contributed by atoms with E-state index >= 15 is 0 Å². The largest absolute Gasteiger partial charge is 0.462 e. The molecule has 1 aromatic heterocycles. The number of imidazole rings is 1. The smallest absolute Gasteiger partial charge is 0.341 e. The predicted octanol–water partition coefficient (Wildman–Crippen LogP) is 2.43. The Balaban J connectivity index is 2.49. The summed E-state index contributed by atoms with van der Waals surface area (Å²) in [6.45, 7) is 1.94. The van der Waals surface area contributed by atoms with Crippen molar-refractivity contribution >= 4 is 23.3 Å². The zero-order valence-electron chi connectivity index (χ0n) is 12.2. The summed E-state index contributed by atoms with van der Waals surface area (Å²) >= 11 is 0. The Morgan fingerprint density at radius 1 is 1.50 bits per heavy atom. The molecule has 0 aliphatic carbocycles. The Kier molecular flexibility index (Phi) is 4.67. The Hall–Kier alpha value is -2.96. The van der Waals surface area contributed by atoms with Crippen molar-refractivity contribution in [3.63, 3.8) is 0 Å². The molecular weight excluding hydrogens is 286 g/mol. The van der Waals surface area contributed by atoms with E-state index in [4.69, 9.17) is 4.74 Å². The number of aromatic nitrogens is 2. The molecule has 1 heterocycles. The Morgan fingerprint density at radius 2 is 2.27 bits per heavy atom. The van der Waals surface area contributed by atoms with Crippen LogP contribution in [0.15, 0.2) is 36.7 Å². The van der Waals surface area contributed by atoms with Crippen molar-refractivity contribution in [2.75, 3.05) is 6.61 Å². The second kappa shape index (κ2) is 6.66. The zero-order valence-corrected chi connectivity index (χ0v) is 12.2. The third-order valence-corrected chi connectivity index (χ3v) is 2.95. The topological polar surface area (TPSA) is 87.3 Å². The molecule has 0 aliphatic rings. The molecule has 0 saturated carbocycles. The maximum absolute atomic E-state index is 12.1. The molecule has 0 bridgehead atoms. The Morgan fingerprint density at radius 3 is 2.86 bits per heavy atom. The highest BCUT2D eigenvalue weighted by molar-refractivity contribution is 6.20. The number of carbonyl (C=O) groups is 1. The van der Waals surface area contributed by atoms with Crippen LogP contribution in [0.25, 0.3) is 11.6 Å². The summed E-state index contributed by atoms with van der Waals surface area (Å²) in [5.74, 6) is -0.0896. The van der Waals surface area contributed by atoms with Crippen LogP contribution in [-0.4, -0.2) is 27.1 Å². The molecule has 0 amide bonds. The summed E-state index contributed by atoms with van der Waals surface area (Å²) < 4.78 is 6.72. The van der Waals surface area contributed by atoms with Gasteiger partial charge in [0.1, 0.15) is 11.4 Å². The van der Waals surface area contributed by atoms with E-state index in [9.17, 15) is 14.9 Å². The highest BCUT2D eigenvalue weighted by atomic mass is 16.6. The molecule has 1 aromatic carbocycles. The van der Waals surface area contributed by atoms with Crippen molar-refractivity contribution in [2.45, 2.75) is 6.92 Å². The number of non-ortho nitro benzene ring substituents is 1. The van der Waals surface area contributed by atoms with Crippen LogP contribution >= 0.6 is 0 Å². The normalized spacial score (nSPS) is 11.3. The maximum Gasteiger partial charge on any atom is 0.341 e. The van der Waals surface area contributed by atoms with Gasteiger partial charge < -0.3 is 9.30 Å². The molecule has 2 rings (SSSR count). The summed E-state index contributed by atoms with van der Waals surface area (Å²) in [5.41, 5.74) is 0.729. The number of carbonyl (C=O) groups excluding carboxylic acids is 1. The summed E-state index contributed by atoms with van der Waals surface area (Å²) in [5, 5.41) is 10.8. The van der Waals surface area contributed by atoms with Gasteiger partial charge in [-0.15, -0.1) is 0 Å². The molecule has 0 spiro atoms. The van der Waals surface area contributed by atoms with Crippen molar-refractivity contribution in [1.29, 1.82) is 0 Å². The minimum Gasteiger partial charge on any atom is -0.462 e. The molecule has 0 atom stereocenters. The lowest BCUT2D eigenvalue weighted by Gasteiger charge is -2.07. The maximum atomic E-state index is 12.1. The number of aryl methyl sites for hydroxylation is 1. The van der Waals surface area contributed by atoms with Gasteiger partial charge in [-0.1, -0.05) is 12.1 Å². The number of ether oxygens (including phenoxy) is 1. The van der Waals surface area contributed by atoms with Crippen molar-refractivity contribution < 1.29 is 14.5 Å². The zero-order chi connectivity index (χ0) is 16.1. The quantitative estimate of drug-likeness (QED) is 0.366. The van der Waals surface area contributed by atoms with Gasteiger partial charge in [0, 0.05) is 31.6 Å². The lowest BCUT2D eigenvalue weighted by atomic mass is 10.1. The number of hydrogen-bond acceptors (Lipinski definition) is 5. The lowest BCUT2D eigenvalue weighted by molar-refractivity contribution is -0.384. The fourth-order valence-electron chi connectivity index (χ4n) is 1.94. The number of nitro benzene ring substituents is 1. The molecule has 0 fully saturated rings. The minimum atomic E-state index is -0.525. The molecule has 0 N–H and O–H groups in total. The van der Waals surface area contributed by atoms with E-state index in [-0.39, 0.29) is 17.9 Å². The Labute approximate surface area is 127 Å². The summed E-state index contributed by atoms with van der Waals surface area (Å²) in [6.07, 6.45) is 4.80. The fourth-order valence-corrected chi connectivity index (χ4v) is 1.94. The van der Waals surface area contributed by atoms with Crippen LogP contribution < -0.4 is 0 Å². The second-order valence-electron chi connectivity index (χ2n) is 4.49. The van der Waals surface area contributed by atoms with Gasteiger partial charge >= 0.3 is 5.97 Å². The van der Waals surface area contributed by atoms with E-state index in [1.165, 1.54) is 18.2 Å². The fraction of sp³-hybridized carbons (Fsp3) is 0.200. The van der Waals surface area contributed by atoms with Gasteiger partial charge in [0.15, 0.2) is 0 Å². The summed E-state index contributed by atoms with van der Waals surface area (Å²) in [6, 6.07) is 6.02. The number of benzene rings is 1. The van der Waals surface area contributed by atoms with Gasteiger partial charge in [0.05, 0.1) is 11.5 Å². The highest BCUT2D eigenvalue weighted by Crippen LogP contribution is 2.21. The molecule has 0 saturated heterocycles. The van der Waals surface area contributed by atoms with Crippen molar-refractivity contribution in [1.82, 2.24) is 9.55 Å². The van der Waals surface area contributed by atoms with Crippen molar-refractivity contribution in [2.24, 2.45) is 7.05 Å². The standard InChI is InChI=1S/C15H15N3O4/c1-3-22-15(19)13(14-16-7-8-17(14)2)10-11-5-4-6-12(9-11)18(20)21/h4-10H,3H2,1-2H3/b13-10-. The Bertz CT molecular complexity index is 734. The number of nitro groups is 1. The third-order valence-electron chi connectivity index (χ3n) is 2.95. The molecular formula is C15H15N3O4. The van der Waals surface area contributed by atoms with E-state index < -0.39 is 10.9 Å². The first-order chi connectivity index (χ1) is 10.5. The second-order valence-corrected chi connectivity index (χ2v) is 4.49. The summed E-state index contributed by atoms with van der Waals surface area (Å²) in [7, 11) is 1.75. The number of rotatable bonds is 5. The average molecular weight is 301 g/mol. The predicted molar refractivity (Wildman–Crippen MR) is 80.8 cm³/mol. The van der Waals surface area contributed by atoms with Crippen LogP contribution in [0.2, 0.25) is 0 Å². The van der Waals surface area contributed by atoms with Crippen LogP contribution in [0.3, 0.4) is 0 Å². The molecule has 0 radical (unpaired) electrons. The third kappa shape index (κ3) is 3.38. The number of esters is 1. The molecule has 2 aromatic rings. The van der Waals surface area contributed by atoms with Crippen LogP contribution in [0.4, 0.5) is 5.69 Å². The first-order valence-electron chi connectivity index (χ1n) is 6.64. The minimum absolute atomic E-state index is 0.0446. The van der Waals surface area contributed by atoms with Gasteiger partial charge in [-0.3, -0.25) is 10.1 Å². The molecule has 7 nitrogen and oxygen atoms in total. The van der Waals surface area contributed by atoms with Crippen molar-refractivity contribution in [3.05, 3.63) is 58.2 Å². The van der Waals surface area contributed by atoms with E-state index in [0.29, 0.717) is 11.4 Å². The van der Waals surface area contributed by atoms with Gasteiger partial charge in [-0.05, 0) is 18.6 Å². The van der Waals surface area contributed by atoms with Crippen LogP contribution in [-0.2, 0) is 16.6 Å².